The minimum Gasteiger partial charge on any atom is -0.381 e. The van der Waals surface area contributed by atoms with Gasteiger partial charge in [-0.2, -0.15) is 0 Å². The first-order chi connectivity index (χ1) is 11.1. The second-order valence-corrected chi connectivity index (χ2v) is 7.94. The van der Waals surface area contributed by atoms with E-state index in [0.29, 0.717) is 0 Å². The van der Waals surface area contributed by atoms with Gasteiger partial charge in [-0.3, -0.25) is 4.79 Å². The number of carbonyl (C=O) groups excluding carboxylic acids is 1. The molecular formula is C18H32N2O3. The smallest absolute Gasteiger partial charge is 0.225 e. The van der Waals surface area contributed by atoms with Gasteiger partial charge in [-0.1, -0.05) is 0 Å². The fraction of sp³-hybridized carbons (Fsp3) is 0.944. The van der Waals surface area contributed by atoms with E-state index in [1.165, 1.54) is 0 Å². The SMILES string of the molecule is CC(C)NC(=O)[C@@H]1CN(CC2CCOCC2)CC12CCOCC2. The van der Waals surface area contributed by atoms with Crippen LogP contribution in [-0.4, -0.2) is 62.9 Å². The van der Waals surface area contributed by atoms with E-state index in [4.69, 9.17) is 9.47 Å². The minimum atomic E-state index is 0.119. The molecule has 3 aliphatic heterocycles. The van der Waals surface area contributed by atoms with Crippen molar-refractivity contribution >= 4 is 5.91 Å². The Hall–Kier alpha value is -0.650. The van der Waals surface area contributed by atoms with E-state index in [1.54, 1.807) is 0 Å². The van der Waals surface area contributed by atoms with Gasteiger partial charge in [0.25, 0.3) is 0 Å². The molecule has 0 aromatic carbocycles. The molecule has 1 N–H and O–H groups in total. The average Bonchev–Trinajstić information content (AvgIpc) is 2.86. The third-order valence-electron chi connectivity index (χ3n) is 5.81. The van der Waals surface area contributed by atoms with Gasteiger partial charge in [0.2, 0.25) is 5.91 Å². The molecule has 5 heteroatoms. The number of nitrogens with zero attached hydrogens (tertiary/aromatic N) is 1. The first-order valence-electron chi connectivity index (χ1n) is 9.27. The monoisotopic (exact) mass is 324 g/mol. The second kappa shape index (κ2) is 7.49. The van der Waals surface area contributed by atoms with Gasteiger partial charge in [0.05, 0.1) is 5.92 Å². The molecule has 3 aliphatic rings. The number of rotatable bonds is 4. The maximum atomic E-state index is 12.8. The summed E-state index contributed by atoms with van der Waals surface area (Å²) < 4.78 is 11.1. The highest BCUT2D eigenvalue weighted by molar-refractivity contribution is 5.80. The average molecular weight is 324 g/mol. The lowest BCUT2D eigenvalue weighted by molar-refractivity contribution is -0.130. The molecule has 132 valence electrons. The third kappa shape index (κ3) is 4.06. The third-order valence-corrected chi connectivity index (χ3v) is 5.81. The second-order valence-electron chi connectivity index (χ2n) is 7.94. The van der Waals surface area contributed by atoms with Crippen molar-refractivity contribution in [2.45, 2.75) is 45.6 Å². The Morgan fingerprint density at radius 2 is 1.83 bits per heavy atom. The van der Waals surface area contributed by atoms with Crippen LogP contribution in [0.15, 0.2) is 0 Å². The molecule has 1 atom stereocenters. The lowest BCUT2D eigenvalue weighted by Crippen LogP contribution is -2.46. The van der Waals surface area contributed by atoms with Gasteiger partial charge in [0.15, 0.2) is 0 Å². The van der Waals surface area contributed by atoms with E-state index in [9.17, 15) is 4.79 Å². The number of nitrogens with one attached hydrogen (secondary N) is 1. The van der Waals surface area contributed by atoms with E-state index in [-0.39, 0.29) is 23.3 Å². The van der Waals surface area contributed by atoms with Crippen molar-refractivity contribution in [2.24, 2.45) is 17.3 Å². The molecule has 0 unspecified atom stereocenters. The Kier molecular flexibility index (Phi) is 5.60. The molecule has 5 nitrogen and oxygen atoms in total. The zero-order valence-corrected chi connectivity index (χ0v) is 14.7. The summed E-state index contributed by atoms with van der Waals surface area (Å²) in [5.74, 6) is 1.09. The molecule has 0 bridgehead atoms. The van der Waals surface area contributed by atoms with Crippen LogP contribution in [0.5, 0.6) is 0 Å². The van der Waals surface area contributed by atoms with Crippen molar-refractivity contribution in [3.63, 3.8) is 0 Å². The normalized spacial score (nSPS) is 29.3. The van der Waals surface area contributed by atoms with E-state index in [2.05, 4.69) is 10.2 Å². The van der Waals surface area contributed by atoms with Crippen LogP contribution >= 0.6 is 0 Å². The van der Waals surface area contributed by atoms with Crippen LogP contribution in [-0.2, 0) is 14.3 Å². The Morgan fingerprint density at radius 3 is 2.48 bits per heavy atom. The van der Waals surface area contributed by atoms with Crippen LogP contribution in [0.4, 0.5) is 0 Å². The highest BCUT2D eigenvalue weighted by Gasteiger charge is 2.50. The van der Waals surface area contributed by atoms with Crippen LogP contribution in [0, 0.1) is 17.3 Å². The summed E-state index contributed by atoms with van der Waals surface area (Å²) in [6.07, 6.45) is 4.37. The molecule has 3 saturated heterocycles. The Morgan fingerprint density at radius 1 is 1.17 bits per heavy atom. The van der Waals surface area contributed by atoms with Crippen LogP contribution < -0.4 is 5.32 Å². The number of carbonyl (C=O) groups is 1. The maximum absolute atomic E-state index is 12.8. The maximum Gasteiger partial charge on any atom is 0.225 e. The zero-order chi connectivity index (χ0) is 16.3. The van der Waals surface area contributed by atoms with E-state index in [0.717, 1.165) is 77.7 Å². The van der Waals surface area contributed by atoms with Gasteiger partial charge < -0.3 is 19.7 Å². The molecule has 23 heavy (non-hydrogen) atoms. The molecule has 0 saturated carbocycles. The first-order valence-corrected chi connectivity index (χ1v) is 9.27. The van der Waals surface area contributed by atoms with E-state index < -0.39 is 0 Å². The molecule has 1 spiro atoms. The summed E-state index contributed by atoms with van der Waals surface area (Å²) in [7, 11) is 0. The quantitative estimate of drug-likeness (QED) is 0.855. The molecule has 1 amide bonds. The lowest BCUT2D eigenvalue weighted by atomic mass is 9.71. The molecule has 0 radical (unpaired) electrons. The van der Waals surface area contributed by atoms with Gasteiger partial charge in [0.1, 0.15) is 0 Å². The number of likely N-dealkylation sites (tertiary alicyclic amines) is 1. The highest BCUT2D eigenvalue weighted by atomic mass is 16.5. The van der Waals surface area contributed by atoms with Crippen molar-refractivity contribution in [1.29, 1.82) is 0 Å². The summed E-state index contributed by atoms with van der Waals surface area (Å²) in [5, 5.41) is 3.15. The molecule has 3 heterocycles. The summed E-state index contributed by atoms with van der Waals surface area (Å²) in [4.78, 5) is 15.3. The predicted octanol–water partition coefficient (Wildman–Crippen LogP) is 1.67. The first kappa shape index (κ1) is 17.2. The van der Waals surface area contributed by atoms with Gasteiger partial charge in [-0.25, -0.2) is 0 Å². The molecule has 3 fully saturated rings. The summed E-state index contributed by atoms with van der Waals surface area (Å²) in [6, 6.07) is 0.212. The predicted molar refractivity (Wildman–Crippen MR) is 89.2 cm³/mol. The number of ether oxygens (including phenoxy) is 2. The van der Waals surface area contributed by atoms with E-state index in [1.807, 2.05) is 13.8 Å². The fourth-order valence-corrected chi connectivity index (χ4v) is 4.54. The van der Waals surface area contributed by atoms with Gasteiger partial charge in [-0.05, 0) is 45.4 Å². The van der Waals surface area contributed by atoms with Crippen molar-refractivity contribution in [1.82, 2.24) is 10.2 Å². The standard InChI is InChI=1S/C18H32N2O3/c1-14(2)19-17(21)16-12-20(11-15-3-7-22-8-4-15)13-18(16)5-9-23-10-6-18/h14-16H,3-13H2,1-2H3,(H,19,21)/t16-/m0/s1. The lowest BCUT2D eigenvalue weighted by Gasteiger charge is -2.38. The summed E-state index contributed by atoms with van der Waals surface area (Å²) in [6.45, 7) is 10.6. The van der Waals surface area contributed by atoms with Crippen molar-refractivity contribution in [2.75, 3.05) is 46.1 Å². The zero-order valence-electron chi connectivity index (χ0n) is 14.7. The largest absolute Gasteiger partial charge is 0.381 e. The fourth-order valence-electron chi connectivity index (χ4n) is 4.54. The van der Waals surface area contributed by atoms with Crippen LogP contribution in [0.2, 0.25) is 0 Å². The highest BCUT2D eigenvalue weighted by Crippen LogP contribution is 2.44. The van der Waals surface area contributed by atoms with Gasteiger partial charge >= 0.3 is 0 Å². The Balaban J connectivity index is 1.66. The Bertz CT molecular complexity index is 401. The summed E-state index contributed by atoms with van der Waals surface area (Å²) >= 11 is 0. The topological polar surface area (TPSA) is 50.8 Å². The van der Waals surface area contributed by atoms with Crippen LogP contribution in [0.1, 0.15) is 39.5 Å². The van der Waals surface area contributed by atoms with Crippen LogP contribution in [0.25, 0.3) is 0 Å². The number of hydrogen-bond donors (Lipinski definition) is 1. The molecule has 0 aromatic heterocycles. The number of hydrogen-bond acceptors (Lipinski definition) is 4. The van der Waals surface area contributed by atoms with Crippen molar-refractivity contribution < 1.29 is 14.3 Å². The van der Waals surface area contributed by atoms with Gasteiger partial charge in [0, 0.05) is 57.5 Å². The van der Waals surface area contributed by atoms with E-state index >= 15 is 0 Å². The Labute approximate surface area is 140 Å². The molecular weight excluding hydrogens is 292 g/mol. The number of amides is 1. The minimum absolute atomic E-state index is 0.119. The summed E-state index contributed by atoms with van der Waals surface area (Å²) in [5.41, 5.74) is 0.127. The van der Waals surface area contributed by atoms with Crippen molar-refractivity contribution in [3.05, 3.63) is 0 Å². The van der Waals surface area contributed by atoms with Crippen LogP contribution in [0.3, 0.4) is 0 Å². The molecule has 0 aliphatic carbocycles. The van der Waals surface area contributed by atoms with Crippen molar-refractivity contribution in [3.8, 4) is 0 Å². The van der Waals surface area contributed by atoms with Gasteiger partial charge in [-0.15, -0.1) is 0 Å². The molecule has 0 aromatic rings. The molecule has 3 rings (SSSR count).